The topological polar surface area (TPSA) is 73.2 Å². The van der Waals surface area contributed by atoms with Crippen molar-refractivity contribution in [3.63, 3.8) is 0 Å². The average molecular weight is 440 g/mol. The van der Waals surface area contributed by atoms with E-state index in [4.69, 9.17) is 16.3 Å². The molecule has 0 aliphatic carbocycles. The number of rotatable bonds is 7. The van der Waals surface area contributed by atoms with Gasteiger partial charge in [-0.1, -0.05) is 61.3 Å². The molecule has 0 unspecified atom stereocenters. The summed E-state index contributed by atoms with van der Waals surface area (Å²) in [6.45, 7) is 7.44. The van der Waals surface area contributed by atoms with Crippen LogP contribution in [-0.4, -0.2) is 27.7 Å². The first-order chi connectivity index (χ1) is 14.8. The number of hydrogen-bond donors (Lipinski definition) is 1. The molecule has 0 saturated heterocycles. The highest BCUT2D eigenvalue weighted by atomic mass is 35.5. The summed E-state index contributed by atoms with van der Waals surface area (Å²) in [5.74, 6) is -0.981. The first-order valence-corrected chi connectivity index (χ1v) is 10.5. The molecule has 0 radical (unpaired) electrons. The third-order valence-corrected chi connectivity index (χ3v) is 5.39. The van der Waals surface area contributed by atoms with Crippen molar-refractivity contribution in [2.24, 2.45) is 5.92 Å². The van der Waals surface area contributed by atoms with Crippen molar-refractivity contribution in [3.8, 4) is 5.69 Å². The minimum atomic E-state index is -0.781. The number of esters is 1. The van der Waals surface area contributed by atoms with Gasteiger partial charge in [0.25, 0.3) is 5.91 Å². The molecule has 1 N–H and O–H groups in total. The summed E-state index contributed by atoms with van der Waals surface area (Å²) in [5, 5.41) is 7.63. The van der Waals surface area contributed by atoms with Gasteiger partial charge in [-0.3, -0.25) is 4.79 Å². The molecule has 0 saturated carbocycles. The van der Waals surface area contributed by atoms with E-state index in [1.54, 1.807) is 16.8 Å². The van der Waals surface area contributed by atoms with E-state index in [-0.39, 0.29) is 18.4 Å². The Morgan fingerprint density at radius 2 is 1.71 bits per heavy atom. The van der Waals surface area contributed by atoms with Gasteiger partial charge in [-0.05, 0) is 44.0 Å². The lowest BCUT2D eigenvalue weighted by Gasteiger charge is -2.21. The first kappa shape index (κ1) is 22.6. The number of aromatic nitrogens is 2. The second-order valence-corrected chi connectivity index (χ2v) is 8.13. The number of aryl methyl sites for hydroxylation is 2. The van der Waals surface area contributed by atoms with Crippen LogP contribution in [-0.2, 0) is 16.1 Å². The van der Waals surface area contributed by atoms with Crippen molar-refractivity contribution in [2.45, 2.75) is 40.3 Å². The van der Waals surface area contributed by atoms with E-state index < -0.39 is 12.0 Å². The first-order valence-electron chi connectivity index (χ1n) is 10.1. The van der Waals surface area contributed by atoms with E-state index in [9.17, 15) is 9.59 Å². The highest BCUT2D eigenvalue weighted by Crippen LogP contribution is 2.24. The quantitative estimate of drug-likeness (QED) is 0.544. The largest absolute Gasteiger partial charge is 0.459 e. The number of hydrogen-bond acceptors (Lipinski definition) is 4. The van der Waals surface area contributed by atoms with Crippen molar-refractivity contribution in [1.82, 2.24) is 15.1 Å². The SMILES string of the molecule is Cc1ccc(C(=O)N[C@H](C(=O)OCc2c(C)nn(-c3ccccc3)c2Cl)C(C)C)cc1. The van der Waals surface area contributed by atoms with Crippen LogP contribution in [0.5, 0.6) is 0 Å². The average Bonchev–Trinajstić information content (AvgIpc) is 3.04. The van der Waals surface area contributed by atoms with E-state index in [1.807, 2.05) is 70.2 Å². The molecule has 1 amide bonds. The predicted octanol–water partition coefficient (Wildman–Crippen LogP) is 4.64. The number of para-hydroxylation sites is 1. The van der Waals surface area contributed by atoms with Crippen LogP contribution < -0.4 is 5.32 Å². The third-order valence-electron chi connectivity index (χ3n) is 5.00. The lowest BCUT2D eigenvalue weighted by molar-refractivity contribution is -0.148. The molecular weight excluding hydrogens is 414 g/mol. The van der Waals surface area contributed by atoms with Crippen molar-refractivity contribution >= 4 is 23.5 Å². The number of carbonyl (C=O) groups excluding carboxylic acids is 2. The molecule has 0 fully saturated rings. The Morgan fingerprint density at radius 3 is 2.32 bits per heavy atom. The molecule has 0 aliphatic heterocycles. The minimum Gasteiger partial charge on any atom is -0.459 e. The van der Waals surface area contributed by atoms with Gasteiger partial charge in [-0.2, -0.15) is 5.10 Å². The predicted molar refractivity (Wildman–Crippen MR) is 120 cm³/mol. The van der Waals surface area contributed by atoms with E-state index >= 15 is 0 Å². The number of nitrogens with one attached hydrogen (secondary N) is 1. The summed E-state index contributed by atoms with van der Waals surface area (Å²) < 4.78 is 7.14. The maximum absolute atomic E-state index is 12.8. The second-order valence-electron chi connectivity index (χ2n) is 7.77. The van der Waals surface area contributed by atoms with Gasteiger partial charge in [-0.15, -0.1) is 0 Å². The molecule has 2 aromatic carbocycles. The highest BCUT2D eigenvalue weighted by Gasteiger charge is 2.27. The van der Waals surface area contributed by atoms with Gasteiger partial charge in [0.1, 0.15) is 17.8 Å². The lowest BCUT2D eigenvalue weighted by atomic mass is 10.0. The number of halogens is 1. The van der Waals surface area contributed by atoms with Crippen LogP contribution in [0.2, 0.25) is 5.15 Å². The van der Waals surface area contributed by atoms with Gasteiger partial charge in [0.05, 0.1) is 11.4 Å². The minimum absolute atomic E-state index is 0.0278. The number of ether oxygens (including phenoxy) is 1. The summed E-state index contributed by atoms with van der Waals surface area (Å²) in [6, 6.07) is 15.9. The van der Waals surface area contributed by atoms with Crippen LogP contribution in [0.3, 0.4) is 0 Å². The van der Waals surface area contributed by atoms with Crippen LogP contribution in [0, 0.1) is 19.8 Å². The third kappa shape index (κ3) is 5.33. The fourth-order valence-corrected chi connectivity index (χ4v) is 3.42. The Labute approximate surface area is 187 Å². The summed E-state index contributed by atoms with van der Waals surface area (Å²) in [6.07, 6.45) is 0. The van der Waals surface area contributed by atoms with E-state index in [2.05, 4.69) is 10.4 Å². The second kappa shape index (κ2) is 9.79. The number of benzene rings is 2. The van der Waals surface area contributed by atoms with E-state index in [0.717, 1.165) is 11.3 Å². The molecule has 3 rings (SSSR count). The molecule has 1 aromatic heterocycles. The zero-order chi connectivity index (χ0) is 22.5. The standard InChI is InChI=1S/C24H26ClN3O3/c1-15(2)21(26-23(29)18-12-10-16(3)11-13-18)24(30)31-14-20-17(4)27-28(22(20)25)19-8-6-5-7-9-19/h5-13,15,21H,14H2,1-4H3,(H,26,29)/t21-/m0/s1. The van der Waals surface area contributed by atoms with Crippen molar-refractivity contribution in [2.75, 3.05) is 0 Å². The zero-order valence-corrected chi connectivity index (χ0v) is 18.8. The molecular formula is C24H26ClN3O3. The van der Waals surface area contributed by atoms with Crippen molar-refractivity contribution in [1.29, 1.82) is 0 Å². The molecule has 7 heteroatoms. The summed E-state index contributed by atoms with van der Waals surface area (Å²) in [4.78, 5) is 25.3. The molecule has 0 spiro atoms. The summed E-state index contributed by atoms with van der Waals surface area (Å²) >= 11 is 6.51. The molecule has 3 aromatic rings. The maximum atomic E-state index is 12.8. The van der Waals surface area contributed by atoms with Gasteiger partial charge in [-0.25, -0.2) is 9.48 Å². The maximum Gasteiger partial charge on any atom is 0.329 e. The molecule has 0 bridgehead atoms. The van der Waals surface area contributed by atoms with Gasteiger partial charge in [0.15, 0.2) is 0 Å². The van der Waals surface area contributed by atoms with E-state index in [0.29, 0.717) is 22.0 Å². The lowest BCUT2D eigenvalue weighted by Crippen LogP contribution is -2.45. The molecule has 31 heavy (non-hydrogen) atoms. The zero-order valence-electron chi connectivity index (χ0n) is 18.1. The molecule has 1 heterocycles. The van der Waals surface area contributed by atoms with Gasteiger partial charge in [0, 0.05) is 11.1 Å². The van der Waals surface area contributed by atoms with Crippen LogP contribution in [0.25, 0.3) is 5.69 Å². The molecule has 1 atom stereocenters. The Bertz CT molecular complexity index is 1060. The van der Waals surface area contributed by atoms with Crippen molar-refractivity contribution < 1.29 is 14.3 Å². The Kier molecular flexibility index (Phi) is 7.13. The van der Waals surface area contributed by atoms with Crippen LogP contribution in [0.15, 0.2) is 54.6 Å². The van der Waals surface area contributed by atoms with Gasteiger partial charge >= 0.3 is 5.97 Å². The highest BCUT2D eigenvalue weighted by molar-refractivity contribution is 6.30. The van der Waals surface area contributed by atoms with Crippen LogP contribution in [0.4, 0.5) is 0 Å². The van der Waals surface area contributed by atoms with Gasteiger partial charge < -0.3 is 10.1 Å². The van der Waals surface area contributed by atoms with E-state index in [1.165, 1.54) is 0 Å². The monoisotopic (exact) mass is 439 g/mol. The molecule has 0 aliphatic rings. The smallest absolute Gasteiger partial charge is 0.329 e. The number of carbonyl (C=O) groups is 2. The van der Waals surface area contributed by atoms with Crippen LogP contribution in [0.1, 0.15) is 41.0 Å². The normalized spacial score (nSPS) is 11.9. The fourth-order valence-electron chi connectivity index (χ4n) is 3.10. The molecule has 162 valence electrons. The number of nitrogens with zero attached hydrogens (tertiary/aromatic N) is 2. The Morgan fingerprint density at radius 1 is 1.06 bits per heavy atom. The summed E-state index contributed by atoms with van der Waals surface area (Å²) in [7, 11) is 0. The molecule has 6 nitrogen and oxygen atoms in total. The Hall–Kier alpha value is -3.12. The van der Waals surface area contributed by atoms with Crippen LogP contribution >= 0.6 is 11.6 Å². The fraction of sp³-hybridized carbons (Fsp3) is 0.292. The Balaban J connectivity index is 1.70. The number of amides is 1. The summed E-state index contributed by atoms with van der Waals surface area (Å²) in [5.41, 5.74) is 3.67. The van der Waals surface area contributed by atoms with Gasteiger partial charge in [0.2, 0.25) is 0 Å². The van der Waals surface area contributed by atoms with Crippen molar-refractivity contribution in [3.05, 3.63) is 82.1 Å².